The number of halogens is 1. The molecule has 2 aliphatic rings. The van der Waals surface area contributed by atoms with Crippen molar-refractivity contribution in [1.82, 2.24) is 9.80 Å². The van der Waals surface area contributed by atoms with Crippen LogP contribution in [0.2, 0.25) is 5.02 Å². The van der Waals surface area contributed by atoms with Crippen molar-refractivity contribution >= 4 is 39.6 Å². The molecule has 9 heteroatoms. The maximum Gasteiger partial charge on any atom is 0.292 e. The van der Waals surface area contributed by atoms with Crippen LogP contribution in [0.4, 0.5) is 4.79 Å². The zero-order chi connectivity index (χ0) is 20.4. The quantitative estimate of drug-likeness (QED) is 0.696. The summed E-state index contributed by atoms with van der Waals surface area (Å²) in [4.78, 5) is 39.8. The Balaban J connectivity index is 1.37. The summed E-state index contributed by atoms with van der Waals surface area (Å²) in [6.07, 6.45) is -0.977. The van der Waals surface area contributed by atoms with Gasteiger partial charge in [-0.3, -0.25) is 19.3 Å². The van der Waals surface area contributed by atoms with E-state index in [1.807, 2.05) is 30.3 Å². The van der Waals surface area contributed by atoms with Gasteiger partial charge < -0.3 is 14.4 Å². The Morgan fingerprint density at radius 1 is 1.14 bits per heavy atom. The number of rotatable bonds is 6. The van der Waals surface area contributed by atoms with Gasteiger partial charge in [0.15, 0.2) is 6.73 Å². The van der Waals surface area contributed by atoms with Crippen LogP contribution in [0, 0.1) is 0 Å². The lowest BCUT2D eigenvalue weighted by Crippen LogP contribution is -2.43. The first-order chi connectivity index (χ1) is 14.0. The van der Waals surface area contributed by atoms with Gasteiger partial charge in [-0.1, -0.05) is 41.9 Å². The Bertz CT molecular complexity index is 955. The number of nitrogens with zero attached hydrogens (tertiary/aromatic N) is 2. The third-order valence-corrected chi connectivity index (χ3v) is 5.62. The molecule has 0 N–H and O–H groups in total. The third-order valence-electron chi connectivity index (χ3n) is 4.57. The SMILES string of the molecule is O=C1SC(=O)N(Cc2ccccc2)C1OCCN1COc2ccc(Cl)cc2C1=O. The largest absolute Gasteiger partial charge is 0.472 e. The molecule has 1 atom stereocenters. The first-order valence-corrected chi connectivity index (χ1v) is 10.1. The standard InChI is InChI=1S/C20H17ClN2O5S/c21-14-6-7-16-15(10-14)17(24)22(12-28-16)8-9-27-18-19(25)29-20(26)23(18)11-13-4-2-1-3-5-13/h1-7,10,18H,8-9,11-12H2. The molecule has 2 aromatic carbocycles. The maximum atomic E-state index is 12.6. The fourth-order valence-electron chi connectivity index (χ4n) is 3.12. The van der Waals surface area contributed by atoms with E-state index in [2.05, 4.69) is 0 Å². The van der Waals surface area contributed by atoms with Crippen LogP contribution in [0.3, 0.4) is 0 Å². The molecule has 1 unspecified atom stereocenters. The molecule has 2 aromatic rings. The minimum absolute atomic E-state index is 0.0802. The lowest BCUT2D eigenvalue weighted by atomic mass is 10.1. The zero-order valence-electron chi connectivity index (χ0n) is 15.2. The summed E-state index contributed by atoms with van der Waals surface area (Å²) in [7, 11) is 0. The van der Waals surface area contributed by atoms with Gasteiger partial charge in [0.25, 0.3) is 11.1 Å². The summed E-state index contributed by atoms with van der Waals surface area (Å²) in [6, 6.07) is 14.3. The van der Waals surface area contributed by atoms with Gasteiger partial charge in [-0.15, -0.1) is 0 Å². The normalized spacial score (nSPS) is 18.8. The van der Waals surface area contributed by atoms with Gasteiger partial charge in [0.05, 0.1) is 12.2 Å². The zero-order valence-corrected chi connectivity index (χ0v) is 16.8. The maximum absolute atomic E-state index is 12.6. The Morgan fingerprint density at radius 3 is 2.72 bits per heavy atom. The van der Waals surface area contributed by atoms with E-state index >= 15 is 0 Å². The van der Waals surface area contributed by atoms with Gasteiger partial charge in [0.1, 0.15) is 5.75 Å². The molecule has 2 heterocycles. The van der Waals surface area contributed by atoms with Gasteiger partial charge >= 0.3 is 0 Å². The van der Waals surface area contributed by atoms with Crippen LogP contribution in [0.1, 0.15) is 15.9 Å². The molecule has 0 saturated carbocycles. The number of ether oxygens (including phenoxy) is 2. The number of thioether (sulfide) groups is 1. The third kappa shape index (κ3) is 4.24. The summed E-state index contributed by atoms with van der Waals surface area (Å²) in [5.41, 5.74) is 1.29. The predicted molar refractivity (Wildman–Crippen MR) is 108 cm³/mol. The van der Waals surface area contributed by atoms with E-state index in [9.17, 15) is 14.4 Å². The molecule has 150 valence electrons. The number of carbonyl (C=O) groups is 3. The van der Waals surface area contributed by atoms with Crippen molar-refractivity contribution in [1.29, 1.82) is 0 Å². The van der Waals surface area contributed by atoms with E-state index in [1.165, 1.54) is 9.80 Å². The van der Waals surface area contributed by atoms with E-state index in [-0.39, 0.29) is 42.7 Å². The molecule has 4 rings (SSSR count). The second kappa shape index (κ2) is 8.44. The highest BCUT2D eigenvalue weighted by atomic mass is 35.5. The van der Waals surface area contributed by atoms with Gasteiger partial charge in [-0.2, -0.15) is 0 Å². The molecular weight excluding hydrogens is 416 g/mol. The van der Waals surface area contributed by atoms with E-state index < -0.39 is 6.23 Å². The van der Waals surface area contributed by atoms with Crippen LogP contribution in [0.5, 0.6) is 5.75 Å². The molecular formula is C20H17ClN2O5S. The number of benzene rings is 2. The van der Waals surface area contributed by atoms with Crippen LogP contribution < -0.4 is 4.74 Å². The topological polar surface area (TPSA) is 76.2 Å². The lowest BCUT2D eigenvalue weighted by molar-refractivity contribution is -0.130. The molecule has 0 bridgehead atoms. The molecule has 1 saturated heterocycles. The number of hydrogen-bond donors (Lipinski definition) is 0. The minimum atomic E-state index is -0.977. The number of fused-ring (bicyclic) bond motifs is 1. The van der Waals surface area contributed by atoms with Crippen molar-refractivity contribution in [3.05, 3.63) is 64.7 Å². The Kier molecular flexibility index (Phi) is 5.75. The second-order valence-corrected chi connectivity index (χ2v) is 7.90. The van der Waals surface area contributed by atoms with Gasteiger partial charge in [0, 0.05) is 29.9 Å². The van der Waals surface area contributed by atoms with E-state index in [0.717, 1.165) is 5.56 Å². The van der Waals surface area contributed by atoms with Crippen LogP contribution in [-0.4, -0.2) is 52.2 Å². The lowest BCUT2D eigenvalue weighted by Gasteiger charge is -2.29. The van der Waals surface area contributed by atoms with Crippen molar-refractivity contribution in [3.63, 3.8) is 0 Å². The smallest absolute Gasteiger partial charge is 0.292 e. The average Bonchev–Trinajstić information content (AvgIpc) is 2.98. The van der Waals surface area contributed by atoms with Gasteiger partial charge in [0.2, 0.25) is 11.3 Å². The van der Waals surface area contributed by atoms with E-state index in [4.69, 9.17) is 21.1 Å². The molecule has 29 heavy (non-hydrogen) atoms. The summed E-state index contributed by atoms with van der Waals surface area (Å²) >= 11 is 6.60. The molecule has 2 amide bonds. The Hall–Kier alpha value is -2.55. The summed E-state index contributed by atoms with van der Waals surface area (Å²) in [5.74, 6) is 0.264. The van der Waals surface area contributed by atoms with Crippen molar-refractivity contribution in [3.8, 4) is 5.75 Å². The van der Waals surface area contributed by atoms with E-state index in [1.54, 1.807) is 18.2 Å². The second-order valence-electron chi connectivity index (χ2n) is 6.51. The molecule has 7 nitrogen and oxygen atoms in total. The molecule has 0 spiro atoms. The first-order valence-electron chi connectivity index (χ1n) is 8.92. The van der Waals surface area contributed by atoms with Crippen LogP contribution in [0.15, 0.2) is 48.5 Å². The number of hydrogen-bond acceptors (Lipinski definition) is 6. The van der Waals surface area contributed by atoms with Crippen molar-refractivity contribution in [2.24, 2.45) is 0 Å². The summed E-state index contributed by atoms with van der Waals surface area (Å²) in [5, 5.41) is -0.253. The van der Waals surface area contributed by atoms with E-state index in [0.29, 0.717) is 28.1 Å². The monoisotopic (exact) mass is 432 g/mol. The van der Waals surface area contributed by atoms with Crippen molar-refractivity contribution in [2.45, 2.75) is 12.8 Å². The predicted octanol–water partition coefficient (Wildman–Crippen LogP) is 3.37. The highest BCUT2D eigenvalue weighted by Gasteiger charge is 2.40. The fraction of sp³-hybridized carbons (Fsp3) is 0.250. The van der Waals surface area contributed by atoms with Gasteiger partial charge in [-0.25, -0.2) is 0 Å². The highest BCUT2D eigenvalue weighted by Crippen LogP contribution is 2.29. The summed E-state index contributed by atoms with van der Waals surface area (Å²) in [6.45, 7) is 0.657. The first kappa shape index (κ1) is 19.8. The Labute approximate surface area is 176 Å². The fourth-order valence-corrected chi connectivity index (χ4v) is 4.03. The molecule has 2 aliphatic heterocycles. The minimum Gasteiger partial charge on any atom is -0.472 e. The molecule has 0 radical (unpaired) electrons. The molecule has 0 aliphatic carbocycles. The van der Waals surface area contributed by atoms with Crippen LogP contribution in [-0.2, 0) is 16.1 Å². The molecule has 0 aromatic heterocycles. The average molecular weight is 433 g/mol. The van der Waals surface area contributed by atoms with Crippen LogP contribution in [0.25, 0.3) is 0 Å². The summed E-state index contributed by atoms with van der Waals surface area (Å²) < 4.78 is 11.3. The van der Waals surface area contributed by atoms with Crippen molar-refractivity contribution in [2.75, 3.05) is 19.9 Å². The van der Waals surface area contributed by atoms with Crippen LogP contribution >= 0.6 is 23.4 Å². The number of carbonyl (C=O) groups excluding carboxylic acids is 3. The number of amides is 2. The highest BCUT2D eigenvalue weighted by molar-refractivity contribution is 8.26. The Morgan fingerprint density at radius 2 is 1.93 bits per heavy atom. The molecule has 1 fully saturated rings. The van der Waals surface area contributed by atoms with Gasteiger partial charge in [-0.05, 0) is 23.8 Å². The van der Waals surface area contributed by atoms with Crippen molar-refractivity contribution < 1.29 is 23.9 Å².